The quantitative estimate of drug-likeness (QED) is 0.774. The standard InChI is InChI=1S/C13H19N3/c1-10-4-5-12(8-14-10)16-6-2-3-11-7-15-13(11)9-16/h4-5,8,11,13,15H,2-3,6-7,9H2,1H3/t11-,13-/m1/s1. The molecule has 0 saturated carbocycles. The molecule has 2 aliphatic heterocycles. The van der Waals surface area contributed by atoms with E-state index in [1.807, 2.05) is 13.1 Å². The Labute approximate surface area is 96.9 Å². The van der Waals surface area contributed by atoms with E-state index in [2.05, 4.69) is 27.3 Å². The van der Waals surface area contributed by atoms with Crippen LogP contribution < -0.4 is 10.2 Å². The Kier molecular flexibility index (Phi) is 2.56. The van der Waals surface area contributed by atoms with E-state index in [1.54, 1.807) is 0 Å². The van der Waals surface area contributed by atoms with Crippen molar-refractivity contribution in [3.05, 3.63) is 24.0 Å². The van der Waals surface area contributed by atoms with Crippen LogP contribution in [0.25, 0.3) is 0 Å². The second kappa shape index (κ2) is 4.06. The summed E-state index contributed by atoms with van der Waals surface area (Å²) in [6.45, 7) is 5.59. The van der Waals surface area contributed by atoms with Crippen LogP contribution in [0.5, 0.6) is 0 Å². The summed E-state index contributed by atoms with van der Waals surface area (Å²) in [6.07, 6.45) is 4.71. The molecule has 0 unspecified atom stereocenters. The van der Waals surface area contributed by atoms with E-state index in [9.17, 15) is 0 Å². The topological polar surface area (TPSA) is 28.2 Å². The fourth-order valence-corrected chi connectivity index (χ4v) is 2.72. The highest BCUT2D eigenvalue weighted by Gasteiger charge is 2.33. The highest BCUT2D eigenvalue weighted by atomic mass is 15.2. The third-order valence-corrected chi connectivity index (χ3v) is 3.89. The number of fused-ring (bicyclic) bond motifs is 1. The first-order chi connectivity index (χ1) is 7.83. The third-order valence-electron chi connectivity index (χ3n) is 3.89. The zero-order valence-corrected chi connectivity index (χ0v) is 9.82. The number of nitrogens with one attached hydrogen (secondary N) is 1. The molecule has 2 saturated heterocycles. The zero-order chi connectivity index (χ0) is 11.0. The Bertz CT molecular complexity index is 360. The van der Waals surface area contributed by atoms with Crippen LogP contribution in [0.3, 0.4) is 0 Å². The molecular formula is C13H19N3. The minimum atomic E-state index is 0.712. The fourth-order valence-electron chi connectivity index (χ4n) is 2.72. The monoisotopic (exact) mass is 217 g/mol. The van der Waals surface area contributed by atoms with E-state index in [1.165, 1.54) is 31.6 Å². The van der Waals surface area contributed by atoms with Gasteiger partial charge in [-0.05, 0) is 44.4 Å². The van der Waals surface area contributed by atoms with Gasteiger partial charge in [-0.3, -0.25) is 4.98 Å². The van der Waals surface area contributed by atoms with Crippen LogP contribution in [-0.2, 0) is 0 Å². The lowest BCUT2D eigenvalue weighted by molar-refractivity contribution is 0.234. The first-order valence-electron chi connectivity index (χ1n) is 6.24. The van der Waals surface area contributed by atoms with Gasteiger partial charge >= 0.3 is 0 Å². The molecule has 2 aliphatic rings. The molecule has 1 N–H and O–H groups in total. The summed E-state index contributed by atoms with van der Waals surface area (Å²) < 4.78 is 0. The van der Waals surface area contributed by atoms with Crippen LogP contribution in [0.4, 0.5) is 5.69 Å². The second-order valence-corrected chi connectivity index (χ2v) is 5.02. The lowest BCUT2D eigenvalue weighted by Gasteiger charge is -2.38. The van der Waals surface area contributed by atoms with Crippen LogP contribution in [0.15, 0.2) is 18.3 Å². The molecule has 2 fully saturated rings. The summed E-state index contributed by atoms with van der Waals surface area (Å²) >= 11 is 0. The molecule has 3 nitrogen and oxygen atoms in total. The minimum absolute atomic E-state index is 0.712. The van der Waals surface area contributed by atoms with Gasteiger partial charge in [0.1, 0.15) is 0 Å². The molecular weight excluding hydrogens is 198 g/mol. The molecule has 86 valence electrons. The third kappa shape index (κ3) is 1.80. The molecule has 0 radical (unpaired) electrons. The summed E-state index contributed by atoms with van der Waals surface area (Å²) in [4.78, 5) is 6.86. The first-order valence-corrected chi connectivity index (χ1v) is 6.24. The number of aryl methyl sites for hydroxylation is 1. The lowest BCUT2D eigenvalue weighted by atomic mass is 9.89. The molecule has 3 rings (SSSR count). The molecule has 3 heteroatoms. The number of hydrogen-bond acceptors (Lipinski definition) is 3. The number of aromatic nitrogens is 1. The van der Waals surface area contributed by atoms with E-state index >= 15 is 0 Å². The van der Waals surface area contributed by atoms with E-state index < -0.39 is 0 Å². The predicted molar refractivity (Wildman–Crippen MR) is 65.7 cm³/mol. The van der Waals surface area contributed by atoms with Gasteiger partial charge < -0.3 is 10.2 Å². The van der Waals surface area contributed by atoms with Gasteiger partial charge in [-0.2, -0.15) is 0 Å². The van der Waals surface area contributed by atoms with Crippen molar-refractivity contribution in [3.8, 4) is 0 Å². The van der Waals surface area contributed by atoms with E-state index in [4.69, 9.17) is 0 Å². The summed E-state index contributed by atoms with van der Waals surface area (Å²) in [6, 6.07) is 5.01. The predicted octanol–water partition coefficient (Wildman–Crippen LogP) is 1.58. The van der Waals surface area contributed by atoms with Gasteiger partial charge in [-0.25, -0.2) is 0 Å². The molecule has 0 spiro atoms. The van der Waals surface area contributed by atoms with E-state index in [0.29, 0.717) is 6.04 Å². The molecule has 2 atom stereocenters. The number of pyridine rings is 1. The largest absolute Gasteiger partial charge is 0.369 e. The minimum Gasteiger partial charge on any atom is -0.369 e. The second-order valence-electron chi connectivity index (χ2n) is 5.02. The maximum Gasteiger partial charge on any atom is 0.0553 e. The van der Waals surface area contributed by atoms with Crippen molar-refractivity contribution in [2.24, 2.45) is 5.92 Å². The lowest BCUT2D eigenvalue weighted by Crippen LogP contribution is -2.56. The van der Waals surface area contributed by atoms with Crippen molar-refractivity contribution in [2.75, 3.05) is 24.5 Å². The maximum absolute atomic E-state index is 4.38. The van der Waals surface area contributed by atoms with Gasteiger partial charge in [0.15, 0.2) is 0 Å². The van der Waals surface area contributed by atoms with Crippen LogP contribution in [0, 0.1) is 12.8 Å². The van der Waals surface area contributed by atoms with Gasteiger partial charge in [0.25, 0.3) is 0 Å². The van der Waals surface area contributed by atoms with Gasteiger partial charge in [0.2, 0.25) is 0 Å². The molecule has 3 heterocycles. The molecule has 0 aromatic carbocycles. The Morgan fingerprint density at radius 3 is 3.06 bits per heavy atom. The van der Waals surface area contributed by atoms with Crippen molar-refractivity contribution < 1.29 is 0 Å². The smallest absolute Gasteiger partial charge is 0.0553 e. The SMILES string of the molecule is Cc1ccc(N2CCC[C@@H]3CN[C@@H]3C2)cn1. The van der Waals surface area contributed by atoms with Gasteiger partial charge in [0, 0.05) is 24.8 Å². The number of hydrogen-bond donors (Lipinski definition) is 1. The fraction of sp³-hybridized carbons (Fsp3) is 0.615. The average Bonchev–Trinajstić information content (AvgIpc) is 2.41. The van der Waals surface area contributed by atoms with Gasteiger partial charge in [-0.15, -0.1) is 0 Å². The van der Waals surface area contributed by atoms with Crippen molar-refractivity contribution in [3.63, 3.8) is 0 Å². The van der Waals surface area contributed by atoms with Crippen molar-refractivity contribution in [1.29, 1.82) is 0 Å². The van der Waals surface area contributed by atoms with Gasteiger partial charge in [-0.1, -0.05) is 0 Å². The Morgan fingerprint density at radius 1 is 1.44 bits per heavy atom. The van der Waals surface area contributed by atoms with E-state index in [0.717, 1.165) is 18.2 Å². The maximum atomic E-state index is 4.38. The number of nitrogens with zero attached hydrogens (tertiary/aromatic N) is 2. The number of anilines is 1. The molecule has 1 aromatic rings. The summed E-state index contributed by atoms with van der Waals surface area (Å²) in [5, 5.41) is 3.54. The molecule has 0 amide bonds. The van der Waals surface area contributed by atoms with Crippen molar-refractivity contribution in [1.82, 2.24) is 10.3 Å². The molecule has 0 bridgehead atoms. The van der Waals surface area contributed by atoms with E-state index in [-0.39, 0.29) is 0 Å². The Morgan fingerprint density at radius 2 is 2.38 bits per heavy atom. The van der Waals surface area contributed by atoms with Crippen LogP contribution in [0.1, 0.15) is 18.5 Å². The van der Waals surface area contributed by atoms with Gasteiger partial charge in [0.05, 0.1) is 11.9 Å². The zero-order valence-electron chi connectivity index (χ0n) is 9.82. The van der Waals surface area contributed by atoms with Crippen molar-refractivity contribution >= 4 is 5.69 Å². The first kappa shape index (κ1) is 10.1. The normalized spacial score (nSPS) is 29.2. The molecule has 0 aliphatic carbocycles. The Hall–Kier alpha value is -1.09. The van der Waals surface area contributed by atoms with Crippen molar-refractivity contribution in [2.45, 2.75) is 25.8 Å². The van der Waals surface area contributed by atoms with Crippen LogP contribution in [0.2, 0.25) is 0 Å². The van der Waals surface area contributed by atoms with Crippen LogP contribution in [-0.4, -0.2) is 30.7 Å². The number of rotatable bonds is 1. The Balaban J connectivity index is 1.75. The summed E-state index contributed by atoms with van der Waals surface area (Å²) in [7, 11) is 0. The molecule has 16 heavy (non-hydrogen) atoms. The summed E-state index contributed by atoms with van der Waals surface area (Å²) in [5.41, 5.74) is 2.37. The highest BCUT2D eigenvalue weighted by Crippen LogP contribution is 2.26. The average molecular weight is 217 g/mol. The molecule has 1 aromatic heterocycles. The summed E-state index contributed by atoms with van der Waals surface area (Å²) in [5.74, 6) is 0.920. The highest BCUT2D eigenvalue weighted by molar-refractivity contribution is 5.45. The van der Waals surface area contributed by atoms with Crippen LogP contribution >= 0.6 is 0 Å².